The lowest BCUT2D eigenvalue weighted by molar-refractivity contribution is -0.345. The lowest BCUT2D eigenvalue weighted by Gasteiger charge is -2.66. The molecule has 3 saturated carbocycles. The van der Waals surface area contributed by atoms with Gasteiger partial charge in [0.05, 0.1) is 54.9 Å². The Balaban J connectivity index is 0.782. The predicted molar refractivity (Wildman–Crippen MR) is 264 cm³/mol. The largest absolute Gasteiger partial charge is 0.458 e. The van der Waals surface area contributed by atoms with Gasteiger partial charge in [0, 0.05) is 63.2 Å². The van der Waals surface area contributed by atoms with Crippen LogP contribution in [-0.4, -0.2) is 173 Å². The van der Waals surface area contributed by atoms with Crippen molar-refractivity contribution in [3.63, 3.8) is 0 Å². The fraction of sp³-hybridized carbons (Fsp3) is 0.786. The van der Waals surface area contributed by atoms with E-state index in [9.17, 15) is 35.1 Å². The fourth-order valence-electron chi connectivity index (χ4n) is 14.6. The van der Waals surface area contributed by atoms with E-state index in [0.717, 1.165) is 11.1 Å². The summed E-state index contributed by atoms with van der Waals surface area (Å²) in [6.07, 6.45) is -3.05. The lowest BCUT2D eigenvalue weighted by atomic mass is 9.43. The van der Waals surface area contributed by atoms with E-state index in [1.165, 1.54) is 13.0 Å². The van der Waals surface area contributed by atoms with E-state index >= 15 is 0 Å². The number of rotatable bonds is 14. The summed E-state index contributed by atoms with van der Waals surface area (Å²) in [6, 6.07) is 9.42. The van der Waals surface area contributed by atoms with E-state index in [2.05, 4.69) is 6.92 Å². The normalized spacial score (nSPS) is 48.5. The van der Waals surface area contributed by atoms with Crippen LogP contribution in [0.2, 0.25) is 0 Å². The second-order valence-electron chi connectivity index (χ2n) is 23.1. The van der Waals surface area contributed by atoms with Crippen LogP contribution in [0.25, 0.3) is 6.08 Å². The van der Waals surface area contributed by atoms with Crippen LogP contribution in [0.1, 0.15) is 125 Å². The summed E-state index contributed by atoms with van der Waals surface area (Å²) in [4.78, 5) is 26.8. The van der Waals surface area contributed by atoms with Crippen molar-refractivity contribution in [2.24, 2.45) is 22.7 Å². The van der Waals surface area contributed by atoms with Crippen molar-refractivity contribution in [3.8, 4) is 0 Å². The average molecular weight is 1040 g/mol. The number of carbonyl (C=O) groups is 2. The second-order valence-corrected chi connectivity index (χ2v) is 23.1. The Morgan fingerprint density at radius 3 is 1.84 bits per heavy atom. The highest BCUT2D eigenvalue weighted by Gasteiger charge is 2.77. The van der Waals surface area contributed by atoms with Crippen molar-refractivity contribution in [1.29, 1.82) is 0 Å². The number of aliphatic hydroxyl groups is 5. The molecule has 0 amide bonds. The number of ether oxygens (including phenoxy) is 11. The number of Topliss-reactive ketones (excluding diaryl/α,β-unsaturated/α-hetero) is 1. The van der Waals surface area contributed by atoms with Crippen LogP contribution in [-0.2, 0) is 61.7 Å². The van der Waals surface area contributed by atoms with Crippen molar-refractivity contribution in [2.75, 3.05) is 14.2 Å². The van der Waals surface area contributed by atoms with Crippen molar-refractivity contribution >= 4 is 17.8 Å². The summed E-state index contributed by atoms with van der Waals surface area (Å²) in [5.41, 5.74) is -3.15. The molecule has 414 valence electrons. The molecule has 4 aliphatic carbocycles. The molecule has 18 nitrogen and oxygen atoms in total. The maximum absolute atomic E-state index is 13.6. The summed E-state index contributed by atoms with van der Waals surface area (Å²) in [5, 5.41) is 59.2. The lowest BCUT2D eigenvalue weighted by Crippen LogP contribution is -2.75. The highest BCUT2D eigenvalue weighted by atomic mass is 16.8. The van der Waals surface area contributed by atoms with Gasteiger partial charge < -0.3 is 77.6 Å². The number of hydrogen-bond acceptors (Lipinski definition) is 18. The van der Waals surface area contributed by atoms with E-state index in [-0.39, 0.29) is 44.0 Å². The monoisotopic (exact) mass is 1040 g/mol. The van der Waals surface area contributed by atoms with Crippen molar-refractivity contribution in [3.05, 3.63) is 53.6 Å². The maximum atomic E-state index is 13.6. The van der Waals surface area contributed by atoms with E-state index < -0.39 is 144 Å². The van der Waals surface area contributed by atoms with Gasteiger partial charge in [-0.25, -0.2) is 4.79 Å². The Bertz CT molecular complexity index is 2150. The first-order valence-electron chi connectivity index (χ1n) is 27.0. The average Bonchev–Trinajstić information content (AvgIpc) is 3.66. The molecule has 4 saturated heterocycles. The van der Waals surface area contributed by atoms with Crippen LogP contribution >= 0.6 is 0 Å². The molecule has 5 N–H and O–H groups in total. The number of benzene rings is 1. The summed E-state index contributed by atoms with van der Waals surface area (Å²) < 4.78 is 68.0. The van der Waals surface area contributed by atoms with Gasteiger partial charge in [-0.05, 0) is 96.6 Å². The second kappa shape index (κ2) is 22.2. The number of esters is 1. The topological polar surface area (TPSA) is 237 Å². The number of ketones is 1. The third kappa shape index (κ3) is 10.4. The van der Waals surface area contributed by atoms with Gasteiger partial charge in [0.2, 0.25) is 0 Å². The molecule has 1 aromatic rings. The molecule has 1 aromatic carbocycles. The molecule has 0 bridgehead atoms. The zero-order chi connectivity index (χ0) is 53.1. The van der Waals surface area contributed by atoms with Crippen LogP contribution < -0.4 is 0 Å². The number of methoxy groups -OCH3 is 2. The minimum Gasteiger partial charge on any atom is -0.458 e. The molecule has 18 heteroatoms. The quantitative estimate of drug-likeness (QED) is 0.0955. The van der Waals surface area contributed by atoms with Gasteiger partial charge >= 0.3 is 5.97 Å². The summed E-state index contributed by atoms with van der Waals surface area (Å²) >= 11 is 0. The number of carbonyl (C=O) groups excluding carboxylic acids is 2. The molecule has 24 atom stereocenters. The van der Waals surface area contributed by atoms with Crippen LogP contribution in [0.4, 0.5) is 0 Å². The summed E-state index contributed by atoms with van der Waals surface area (Å²) in [5.74, 6) is -1.76. The molecule has 0 spiro atoms. The molecule has 9 rings (SSSR count). The van der Waals surface area contributed by atoms with Gasteiger partial charge in [0.25, 0.3) is 0 Å². The highest BCUT2D eigenvalue weighted by Crippen LogP contribution is 2.70. The molecular formula is C56H82O18. The zero-order valence-electron chi connectivity index (χ0n) is 44.5. The minimum absolute atomic E-state index is 0.0742. The first-order valence-corrected chi connectivity index (χ1v) is 27.0. The van der Waals surface area contributed by atoms with E-state index in [1.807, 2.05) is 57.2 Å². The zero-order valence-corrected chi connectivity index (χ0v) is 44.5. The molecule has 8 aliphatic rings. The number of aliphatic hydroxyl groups excluding tert-OH is 3. The van der Waals surface area contributed by atoms with E-state index in [1.54, 1.807) is 34.1 Å². The number of hydrogen-bond donors (Lipinski definition) is 5. The van der Waals surface area contributed by atoms with Crippen LogP contribution in [0, 0.1) is 22.7 Å². The van der Waals surface area contributed by atoms with Gasteiger partial charge in [-0.2, -0.15) is 0 Å². The Morgan fingerprint density at radius 2 is 1.24 bits per heavy atom. The Hall–Kier alpha value is -2.76. The van der Waals surface area contributed by atoms with E-state index in [0.29, 0.717) is 38.5 Å². The predicted octanol–water partition coefficient (Wildman–Crippen LogP) is 4.81. The van der Waals surface area contributed by atoms with Crippen molar-refractivity contribution in [2.45, 2.75) is 241 Å². The highest BCUT2D eigenvalue weighted by molar-refractivity contribution is 5.87. The van der Waals surface area contributed by atoms with E-state index in [4.69, 9.17) is 52.1 Å². The van der Waals surface area contributed by atoms with Crippen molar-refractivity contribution in [1.82, 2.24) is 0 Å². The minimum atomic E-state index is -1.70. The Labute approximate surface area is 435 Å². The molecule has 7 fully saturated rings. The van der Waals surface area contributed by atoms with Crippen molar-refractivity contribution < 1.29 is 87.2 Å². The van der Waals surface area contributed by atoms with Crippen LogP contribution in [0.5, 0.6) is 0 Å². The Kier molecular flexibility index (Phi) is 16.8. The standard InChI is InChI=1S/C56H82O18/c1-29(57)37-19-22-56(63)54(37,7)43(71-44(60)16-15-34-13-11-10-12-14-34)28-42-53(6)20-18-36(23-35(53)17-21-55(42,56)62)70-45-24-38(58)50(31(3)67-45)72-46-25-39(59)51(32(4)68-46)73-48-27-41(65-9)52(33(5)69-48)74-47-26-40(64-8)49(61)30(2)66-47/h10-17,30-33,36-43,45-52,58-59,61-63H,18-28H2,1-9H3. The van der Waals surface area contributed by atoms with Gasteiger partial charge in [-0.15, -0.1) is 0 Å². The first kappa shape index (κ1) is 56.0. The molecule has 74 heavy (non-hydrogen) atoms. The fourth-order valence-corrected chi connectivity index (χ4v) is 14.6. The molecule has 0 aromatic heterocycles. The molecule has 0 radical (unpaired) electrons. The summed E-state index contributed by atoms with van der Waals surface area (Å²) in [6.45, 7) is 12.7. The summed E-state index contributed by atoms with van der Waals surface area (Å²) in [7, 11) is 3.14. The molecular weight excluding hydrogens is 961 g/mol. The van der Waals surface area contributed by atoms with Gasteiger partial charge in [-0.1, -0.05) is 55.8 Å². The Morgan fingerprint density at radius 1 is 0.689 bits per heavy atom. The third-order valence-electron chi connectivity index (χ3n) is 18.8. The van der Waals surface area contributed by atoms with Gasteiger partial charge in [-0.3, -0.25) is 4.79 Å². The molecule has 4 aliphatic heterocycles. The first-order chi connectivity index (χ1) is 35.1. The smallest absolute Gasteiger partial charge is 0.331 e. The van der Waals surface area contributed by atoms with Gasteiger partial charge in [0.1, 0.15) is 47.5 Å². The maximum Gasteiger partial charge on any atom is 0.331 e. The third-order valence-corrected chi connectivity index (χ3v) is 18.8. The molecule has 24 unspecified atom stereocenters. The van der Waals surface area contributed by atoms with Gasteiger partial charge in [0.15, 0.2) is 25.2 Å². The van der Waals surface area contributed by atoms with Crippen LogP contribution in [0.3, 0.4) is 0 Å². The molecule has 4 heterocycles. The van der Waals surface area contributed by atoms with Crippen LogP contribution in [0.15, 0.2) is 48.1 Å². The number of fused-ring (bicyclic) bond motifs is 5. The SMILES string of the molecule is COC1CC(OC2C(C)OC(OC3C(O)CC(OC4C(O)CC(OC5CCC6(C)C(=CCC7(O)C6CC(OC(=O)C=Cc6ccccc6)C6(C)C(C(C)=O)CCC76O)C5)OC4C)OC3C)CC2OC)OC(C)C1O.